The van der Waals surface area contributed by atoms with Crippen LogP contribution in [0.25, 0.3) is 0 Å². The van der Waals surface area contributed by atoms with E-state index < -0.39 is 10.9 Å². The molecule has 3 aromatic heterocycles. The Labute approximate surface area is 237 Å². The molecule has 0 radical (unpaired) electrons. The minimum absolute atomic E-state index is 0.000201. The van der Waals surface area contributed by atoms with Gasteiger partial charge in [-0.2, -0.15) is 0 Å². The highest BCUT2D eigenvalue weighted by molar-refractivity contribution is 5.92. The van der Waals surface area contributed by atoms with Crippen molar-refractivity contribution in [2.24, 2.45) is 21.1 Å². The average molecular weight is 577 g/mol. The lowest BCUT2D eigenvalue weighted by Crippen LogP contribution is -2.11. The molecule has 0 unspecified atom stereocenters. The molecule has 42 heavy (non-hydrogen) atoms. The van der Waals surface area contributed by atoms with E-state index in [1.54, 1.807) is 39.7 Å². The predicted octanol–water partition coefficient (Wildman–Crippen LogP) is 1.94. The van der Waals surface area contributed by atoms with E-state index in [9.17, 15) is 14.9 Å². The van der Waals surface area contributed by atoms with Gasteiger partial charge >= 0.3 is 5.97 Å². The SMILES string of the molecule is Cn1cc(COc2cc(C(=O)Oc3ccc([N+](=O)[O-])cc3)cc(OCc3cn(C)nn3)c2OCc2cn(C)nn2)nn1. The lowest BCUT2D eigenvalue weighted by Gasteiger charge is -2.17. The molecule has 0 saturated carbocycles. The minimum atomic E-state index is -0.766. The number of aromatic nitrogens is 9. The molecule has 0 amide bonds. The maximum absolute atomic E-state index is 13.2. The molecule has 0 aliphatic rings. The Kier molecular flexibility index (Phi) is 7.98. The highest BCUT2D eigenvalue weighted by Gasteiger charge is 2.22. The lowest BCUT2D eigenvalue weighted by molar-refractivity contribution is -0.384. The van der Waals surface area contributed by atoms with Crippen LogP contribution >= 0.6 is 0 Å². The van der Waals surface area contributed by atoms with Gasteiger partial charge in [-0.3, -0.25) is 24.2 Å². The van der Waals surface area contributed by atoms with E-state index in [2.05, 4.69) is 30.9 Å². The van der Waals surface area contributed by atoms with E-state index in [1.807, 2.05) is 0 Å². The normalized spacial score (nSPS) is 10.8. The number of benzene rings is 2. The first-order chi connectivity index (χ1) is 20.2. The highest BCUT2D eigenvalue weighted by Crippen LogP contribution is 2.40. The van der Waals surface area contributed by atoms with Crippen LogP contribution in [0.2, 0.25) is 0 Å². The molecule has 0 fully saturated rings. The maximum Gasteiger partial charge on any atom is 0.343 e. The van der Waals surface area contributed by atoms with Gasteiger partial charge in [-0.25, -0.2) is 4.79 Å². The maximum atomic E-state index is 13.2. The van der Waals surface area contributed by atoms with E-state index in [0.29, 0.717) is 17.1 Å². The number of carbonyl (C=O) groups excluding carboxylic acids is 1. The Morgan fingerprint density at radius 3 is 1.62 bits per heavy atom. The van der Waals surface area contributed by atoms with Crippen molar-refractivity contribution in [3.8, 4) is 23.0 Å². The van der Waals surface area contributed by atoms with E-state index in [0.717, 1.165) is 0 Å². The third-order valence-corrected chi connectivity index (χ3v) is 5.58. The second kappa shape index (κ2) is 12.1. The van der Waals surface area contributed by atoms with Gasteiger partial charge in [-0.1, -0.05) is 15.6 Å². The predicted molar refractivity (Wildman–Crippen MR) is 141 cm³/mol. The van der Waals surface area contributed by atoms with Crippen LogP contribution in [0.4, 0.5) is 5.69 Å². The lowest BCUT2D eigenvalue weighted by atomic mass is 10.1. The summed E-state index contributed by atoms with van der Waals surface area (Å²) in [6.07, 6.45) is 5.05. The molecule has 0 atom stereocenters. The molecular formula is C25H24N10O7. The molecule has 0 spiro atoms. The zero-order valence-corrected chi connectivity index (χ0v) is 22.6. The standard InChI is InChI=1S/C25H24N10O7/c1-32-10-17(26-29-32)13-39-22-8-16(25(36)42-21-6-4-20(5-7-21)35(37)38)9-23(40-14-18-11-33(2)30-27-18)24(22)41-15-19-12-34(3)31-28-19/h4-12H,13-15H2,1-3H3. The van der Waals surface area contributed by atoms with Gasteiger partial charge in [0.15, 0.2) is 11.5 Å². The van der Waals surface area contributed by atoms with Gasteiger partial charge in [-0.15, -0.1) is 15.3 Å². The molecule has 2 aromatic carbocycles. The molecule has 0 bridgehead atoms. The summed E-state index contributed by atoms with van der Waals surface area (Å²) in [5.41, 5.74) is 1.51. The fourth-order valence-electron chi connectivity index (χ4n) is 3.69. The van der Waals surface area contributed by atoms with Crippen molar-refractivity contribution in [2.75, 3.05) is 0 Å². The van der Waals surface area contributed by atoms with Gasteiger partial charge < -0.3 is 18.9 Å². The smallest absolute Gasteiger partial charge is 0.343 e. The van der Waals surface area contributed by atoms with Crippen LogP contribution < -0.4 is 18.9 Å². The second-order valence-corrected chi connectivity index (χ2v) is 8.96. The van der Waals surface area contributed by atoms with Crippen LogP contribution in [-0.4, -0.2) is 55.9 Å². The van der Waals surface area contributed by atoms with Crippen molar-refractivity contribution < 1.29 is 28.7 Å². The summed E-state index contributed by atoms with van der Waals surface area (Å²) in [5.74, 6) is -0.176. The van der Waals surface area contributed by atoms with Crippen LogP contribution in [0.15, 0.2) is 55.0 Å². The molecule has 17 heteroatoms. The summed E-state index contributed by atoms with van der Waals surface area (Å²) >= 11 is 0. The second-order valence-electron chi connectivity index (χ2n) is 8.96. The Balaban J connectivity index is 1.48. The zero-order chi connectivity index (χ0) is 29.6. The third kappa shape index (κ3) is 6.82. The number of rotatable bonds is 12. The molecule has 17 nitrogen and oxygen atoms in total. The average Bonchev–Trinajstić information content (AvgIpc) is 3.70. The van der Waals surface area contributed by atoms with Crippen LogP contribution in [0.3, 0.4) is 0 Å². The van der Waals surface area contributed by atoms with Gasteiger partial charge in [0, 0.05) is 33.3 Å². The number of ether oxygens (including phenoxy) is 4. The van der Waals surface area contributed by atoms with E-state index >= 15 is 0 Å². The van der Waals surface area contributed by atoms with Crippen LogP contribution in [0.5, 0.6) is 23.0 Å². The van der Waals surface area contributed by atoms with Gasteiger partial charge in [0.05, 0.1) is 29.1 Å². The van der Waals surface area contributed by atoms with E-state index in [4.69, 9.17) is 18.9 Å². The summed E-state index contributed by atoms with van der Waals surface area (Å²) in [5, 5.41) is 34.8. The summed E-state index contributed by atoms with van der Waals surface area (Å²) in [6, 6.07) is 7.99. The van der Waals surface area contributed by atoms with Gasteiger partial charge in [0.1, 0.15) is 42.7 Å². The number of hydrogen-bond donors (Lipinski definition) is 0. The van der Waals surface area contributed by atoms with Gasteiger partial charge in [0.2, 0.25) is 5.75 Å². The Hall–Kier alpha value is -5.87. The number of nitro benzene ring substituents is 1. The van der Waals surface area contributed by atoms with Gasteiger partial charge in [-0.05, 0) is 24.3 Å². The van der Waals surface area contributed by atoms with Crippen molar-refractivity contribution >= 4 is 11.7 Å². The quantitative estimate of drug-likeness (QED) is 0.0907. The fourth-order valence-corrected chi connectivity index (χ4v) is 3.69. The third-order valence-electron chi connectivity index (χ3n) is 5.58. The number of nitro groups is 1. The number of aryl methyl sites for hydroxylation is 3. The molecule has 216 valence electrons. The number of nitrogens with zero attached hydrogens (tertiary/aromatic N) is 10. The first-order valence-corrected chi connectivity index (χ1v) is 12.3. The van der Waals surface area contributed by atoms with Crippen molar-refractivity contribution in [1.29, 1.82) is 0 Å². The molecular weight excluding hydrogens is 552 g/mol. The Morgan fingerprint density at radius 1 is 0.762 bits per heavy atom. The Bertz CT molecular complexity index is 1650. The number of esters is 1. The minimum Gasteiger partial charge on any atom is -0.483 e. The number of non-ortho nitro benzene ring substituents is 1. The molecule has 0 saturated heterocycles. The van der Waals surface area contributed by atoms with Crippen LogP contribution in [0, 0.1) is 10.1 Å². The zero-order valence-electron chi connectivity index (χ0n) is 22.6. The molecule has 5 aromatic rings. The molecule has 0 aliphatic heterocycles. The first-order valence-electron chi connectivity index (χ1n) is 12.3. The first kappa shape index (κ1) is 27.7. The summed E-state index contributed by atoms with van der Waals surface area (Å²) in [4.78, 5) is 23.6. The largest absolute Gasteiger partial charge is 0.483 e. The molecule has 3 heterocycles. The van der Waals surface area contributed by atoms with Crippen LogP contribution in [-0.2, 0) is 41.0 Å². The fraction of sp³-hybridized carbons (Fsp3) is 0.240. The van der Waals surface area contributed by atoms with Crippen molar-refractivity contribution in [3.63, 3.8) is 0 Å². The highest BCUT2D eigenvalue weighted by atomic mass is 16.6. The van der Waals surface area contributed by atoms with E-state index in [1.165, 1.54) is 50.4 Å². The van der Waals surface area contributed by atoms with Crippen molar-refractivity contribution in [2.45, 2.75) is 19.8 Å². The summed E-state index contributed by atoms with van der Waals surface area (Å²) < 4.78 is 28.2. The van der Waals surface area contributed by atoms with Gasteiger partial charge in [0.25, 0.3) is 5.69 Å². The monoisotopic (exact) mass is 576 g/mol. The molecule has 5 rings (SSSR count). The number of hydrogen-bond acceptors (Lipinski definition) is 13. The van der Waals surface area contributed by atoms with Crippen molar-refractivity contribution in [1.82, 2.24) is 45.0 Å². The molecule has 0 aliphatic carbocycles. The van der Waals surface area contributed by atoms with Crippen molar-refractivity contribution in [3.05, 3.63) is 87.7 Å². The summed E-state index contributed by atoms with van der Waals surface area (Å²) in [7, 11) is 5.17. The van der Waals surface area contributed by atoms with E-state index in [-0.39, 0.29) is 54.1 Å². The topological polar surface area (TPSA) is 189 Å². The van der Waals surface area contributed by atoms with Crippen LogP contribution in [0.1, 0.15) is 27.4 Å². The Morgan fingerprint density at radius 2 is 1.21 bits per heavy atom. The molecule has 0 N–H and O–H groups in total. The number of carbonyl (C=O) groups is 1. The summed E-state index contributed by atoms with van der Waals surface area (Å²) in [6.45, 7) is 0.0169.